The van der Waals surface area contributed by atoms with Crippen LogP contribution in [0, 0.1) is 12.3 Å². The second-order valence-electron chi connectivity index (χ2n) is 4.96. The predicted molar refractivity (Wildman–Crippen MR) is 82.1 cm³/mol. The monoisotopic (exact) mass is 267 g/mol. The standard InChI is InChI=1S/C16H17N3O/c1-2-8-19-9-5-13-12-14(3-4-15(13)16(19)20)18-10-6-17-7-11-18/h1,3-5,9,12,17H,6-8,10-11H2. The molecule has 20 heavy (non-hydrogen) atoms. The molecular formula is C16H17N3O. The van der Waals surface area contributed by atoms with Crippen LogP contribution < -0.4 is 15.8 Å². The lowest BCUT2D eigenvalue weighted by atomic mass is 10.1. The topological polar surface area (TPSA) is 37.3 Å². The summed E-state index contributed by atoms with van der Waals surface area (Å²) < 4.78 is 1.56. The molecule has 1 aromatic heterocycles. The van der Waals surface area contributed by atoms with E-state index in [1.165, 1.54) is 5.69 Å². The van der Waals surface area contributed by atoms with Crippen LogP contribution in [0.5, 0.6) is 0 Å². The zero-order valence-electron chi connectivity index (χ0n) is 11.3. The molecule has 4 nitrogen and oxygen atoms in total. The van der Waals surface area contributed by atoms with Crippen LogP contribution in [0.3, 0.4) is 0 Å². The lowest BCUT2D eigenvalue weighted by Gasteiger charge is -2.29. The quantitative estimate of drug-likeness (QED) is 0.826. The Morgan fingerprint density at radius 2 is 2.05 bits per heavy atom. The van der Waals surface area contributed by atoms with Crippen molar-refractivity contribution in [3.8, 4) is 12.3 Å². The van der Waals surface area contributed by atoms with E-state index in [4.69, 9.17) is 6.42 Å². The molecule has 0 atom stereocenters. The van der Waals surface area contributed by atoms with Gasteiger partial charge < -0.3 is 14.8 Å². The minimum atomic E-state index is -0.0210. The van der Waals surface area contributed by atoms with Gasteiger partial charge in [0.1, 0.15) is 0 Å². The Balaban J connectivity index is 2.02. The zero-order valence-corrected chi connectivity index (χ0v) is 11.3. The van der Waals surface area contributed by atoms with Crippen molar-refractivity contribution in [2.45, 2.75) is 6.54 Å². The summed E-state index contributed by atoms with van der Waals surface area (Å²) in [7, 11) is 0. The molecule has 0 aliphatic carbocycles. The van der Waals surface area contributed by atoms with Crippen LogP contribution in [0.1, 0.15) is 0 Å². The summed E-state index contributed by atoms with van der Waals surface area (Å²) in [6.07, 6.45) is 7.04. The van der Waals surface area contributed by atoms with Gasteiger partial charge in [-0.25, -0.2) is 0 Å². The molecule has 2 aromatic rings. The average molecular weight is 267 g/mol. The number of benzene rings is 1. The fourth-order valence-corrected chi connectivity index (χ4v) is 2.62. The van der Waals surface area contributed by atoms with Gasteiger partial charge in [0.15, 0.2) is 0 Å². The number of rotatable bonds is 2. The normalized spacial score (nSPS) is 15.2. The van der Waals surface area contributed by atoms with Crippen LogP contribution >= 0.6 is 0 Å². The van der Waals surface area contributed by atoms with E-state index in [-0.39, 0.29) is 5.56 Å². The molecule has 1 aliphatic heterocycles. The zero-order chi connectivity index (χ0) is 13.9. The number of nitrogens with zero attached hydrogens (tertiary/aromatic N) is 2. The Kier molecular flexibility index (Phi) is 3.44. The molecule has 0 amide bonds. The summed E-state index contributed by atoms with van der Waals surface area (Å²) in [6, 6.07) is 7.97. The maximum Gasteiger partial charge on any atom is 0.259 e. The van der Waals surface area contributed by atoms with Crippen LogP contribution in [0.4, 0.5) is 5.69 Å². The third-order valence-electron chi connectivity index (χ3n) is 3.70. The van der Waals surface area contributed by atoms with Crippen LogP contribution in [0.15, 0.2) is 35.3 Å². The smallest absolute Gasteiger partial charge is 0.259 e. The minimum absolute atomic E-state index is 0.0210. The fraction of sp³-hybridized carbons (Fsp3) is 0.312. The Hall–Kier alpha value is -2.25. The second kappa shape index (κ2) is 5.40. The van der Waals surface area contributed by atoms with E-state index in [0.717, 1.165) is 37.0 Å². The number of hydrogen-bond donors (Lipinski definition) is 1. The Morgan fingerprint density at radius 3 is 2.80 bits per heavy atom. The summed E-state index contributed by atoms with van der Waals surface area (Å²) in [5.74, 6) is 2.50. The molecule has 4 heteroatoms. The first kappa shape index (κ1) is 12.8. The molecule has 1 fully saturated rings. The second-order valence-corrected chi connectivity index (χ2v) is 4.96. The molecule has 2 heterocycles. The number of hydrogen-bond acceptors (Lipinski definition) is 3. The van der Waals surface area contributed by atoms with Crippen molar-refractivity contribution in [2.24, 2.45) is 0 Å². The lowest BCUT2D eigenvalue weighted by Crippen LogP contribution is -2.43. The lowest BCUT2D eigenvalue weighted by molar-refractivity contribution is 0.589. The van der Waals surface area contributed by atoms with E-state index in [0.29, 0.717) is 6.54 Å². The van der Waals surface area contributed by atoms with E-state index < -0.39 is 0 Å². The van der Waals surface area contributed by atoms with Crippen LogP contribution in [0.2, 0.25) is 0 Å². The molecule has 0 radical (unpaired) electrons. The third kappa shape index (κ3) is 2.28. The van der Waals surface area contributed by atoms with Gasteiger partial charge in [0, 0.05) is 43.4 Å². The van der Waals surface area contributed by atoms with Crippen molar-refractivity contribution in [1.82, 2.24) is 9.88 Å². The first-order valence-corrected chi connectivity index (χ1v) is 6.82. The van der Waals surface area contributed by atoms with Gasteiger partial charge in [-0.2, -0.15) is 0 Å². The SMILES string of the molecule is C#CCn1ccc2cc(N3CCNCC3)ccc2c1=O. The molecule has 0 spiro atoms. The maximum atomic E-state index is 12.2. The van der Waals surface area contributed by atoms with E-state index in [9.17, 15) is 4.79 Å². The van der Waals surface area contributed by atoms with Crippen molar-refractivity contribution in [3.63, 3.8) is 0 Å². The summed E-state index contributed by atoms with van der Waals surface area (Å²) >= 11 is 0. The largest absolute Gasteiger partial charge is 0.369 e. The number of nitrogens with one attached hydrogen (secondary N) is 1. The Labute approximate surface area is 118 Å². The number of aromatic nitrogens is 1. The molecule has 0 unspecified atom stereocenters. The van der Waals surface area contributed by atoms with Crippen LogP contribution in [0.25, 0.3) is 10.8 Å². The minimum Gasteiger partial charge on any atom is -0.369 e. The number of anilines is 1. The van der Waals surface area contributed by atoms with Gasteiger partial charge >= 0.3 is 0 Å². The molecule has 1 aliphatic rings. The van der Waals surface area contributed by atoms with Crippen LogP contribution in [-0.4, -0.2) is 30.7 Å². The summed E-state index contributed by atoms with van der Waals surface area (Å²) in [5, 5.41) is 5.03. The van der Waals surface area contributed by atoms with Gasteiger partial charge in [0.25, 0.3) is 5.56 Å². The molecular weight excluding hydrogens is 250 g/mol. The molecule has 3 rings (SSSR count). The van der Waals surface area contributed by atoms with Gasteiger partial charge in [-0.1, -0.05) is 5.92 Å². The molecule has 1 saturated heterocycles. The highest BCUT2D eigenvalue weighted by molar-refractivity contribution is 5.85. The highest BCUT2D eigenvalue weighted by atomic mass is 16.1. The van der Waals surface area contributed by atoms with Crippen molar-refractivity contribution in [3.05, 3.63) is 40.8 Å². The highest BCUT2D eigenvalue weighted by Crippen LogP contribution is 2.20. The van der Waals surface area contributed by atoms with Gasteiger partial charge in [-0.3, -0.25) is 4.79 Å². The number of piperazine rings is 1. The molecule has 1 aromatic carbocycles. The molecule has 102 valence electrons. The van der Waals surface area contributed by atoms with Crippen molar-refractivity contribution >= 4 is 16.5 Å². The Morgan fingerprint density at radius 1 is 1.25 bits per heavy atom. The van der Waals surface area contributed by atoms with Gasteiger partial charge in [0.05, 0.1) is 6.54 Å². The number of pyridine rings is 1. The molecule has 1 N–H and O–H groups in total. The van der Waals surface area contributed by atoms with E-state index in [2.05, 4.69) is 22.2 Å². The van der Waals surface area contributed by atoms with Crippen LogP contribution in [-0.2, 0) is 6.54 Å². The molecule has 0 saturated carbocycles. The Bertz CT molecular complexity index is 721. The summed E-state index contributed by atoms with van der Waals surface area (Å²) in [6.45, 7) is 4.32. The first-order valence-electron chi connectivity index (χ1n) is 6.82. The van der Waals surface area contributed by atoms with Crippen molar-refractivity contribution in [2.75, 3.05) is 31.1 Å². The van der Waals surface area contributed by atoms with E-state index in [1.807, 2.05) is 18.2 Å². The molecule has 0 bridgehead atoms. The third-order valence-corrected chi connectivity index (χ3v) is 3.70. The summed E-state index contributed by atoms with van der Waals surface area (Å²) in [4.78, 5) is 14.6. The van der Waals surface area contributed by atoms with Gasteiger partial charge in [-0.05, 0) is 29.7 Å². The predicted octanol–water partition coefficient (Wildman–Crippen LogP) is 1.04. The van der Waals surface area contributed by atoms with Crippen molar-refractivity contribution < 1.29 is 0 Å². The highest BCUT2D eigenvalue weighted by Gasteiger charge is 2.11. The number of terminal acetylenes is 1. The van der Waals surface area contributed by atoms with Gasteiger partial charge in [0.2, 0.25) is 0 Å². The fourth-order valence-electron chi connectivity index (χ4n) is 2.62. The first-order chi connectivity index (χ1) is 9.79. The van der Waals surface area contributed by atoms with E-state index >= 15 is 0 Å². The van der Waals surface area contributed by atoms with Gasteiger partial charge in [-0.15, -0.1) is 6.42 Å². The summed E-state index contributed by atoms with van der Waals surface area (Å²) in [5.41, 5.74) is 1.15. The van der Waals surface area contributed by atoms with E-state index in [1.54, 1.807) is 10.8 Å². The van der Waals surface area contributed by atoms with Crippen molar-refractivity contribution in [1.29, 1.82) is 0 Å². The number of fused-ring (bicyclic) bond motifs is 1. The maximum absolute atomic E-state index is 12.2. The average Bonchev–Trinajstić information content (AvgIpc) is 2.51.